The van der Waals surface area contributed by atoms with Crippen molar-refractivity contribution in [3.63, 3.8) is 0 Å². The Labute approximate surface area is 361 Å². The van der Waals surface area contributed by atoms with Crippen LogP contribution in [0.5, 0.6) is 0 Å². The minimum Gasteiger partial charge on any atom is -0.512 e. The molecule has 0 atom stereocenters. The first-order valence-corrected chi connectivity index (χ1v) is 21.1. The molecule has 0 aliphatic heterocycles. The first kappa shape index (κ1) is 42.6. The zero-order valence-corrected chi connectivity index (χ0v) is 37.7. The molecule has 0 bridgehead atoms. The van der Waals surface area contributed by atoms with Gasteiger partial charge >= 0.3 is 0 Å². The smallest absolute Gasteiger partial charge is 0.162 e. The topological polar surface area (TPSA) is 63.1 Å². The molecular formula is C52H51IrN2O2S-. The molecule has 0 fully saturated rings. The zero-order valence-electron chi connectivity index (χ0n) is 34.4. The van der Waals surface area contributed by atoms with Gasteiger partial charge in [-0.3, -0.25) is 9.78 Å². The van der Waals surface area contributed by atoms with E-state index in [2.05, 4.69) is 130 Å². The van der Waals surface area contributed by atoms with E-state index < -0.39 is 0 Å². The number of carbonyl (C=O) groups is 1. The first-order valence-electron chi connectivity index (χ1n) is 20.3. The van der Waals surface area contributed by atoms with Crippen molar-refractivity contribution in [3.05, 3.63) is 144 Å². The van der Waals surface area contributed by atoms with E-state index in [4.69, 9.17) is 9.97 Å². The van der Waals surface area contributed by atoms with Gasteiger partial charge < -0.3 is 5.11 Å². The Hall–Kier alpha value is -5.00. The summed E-state index contributed by atoms with van der Waals surface area (Å²) in [5.74, 6) is 0.547. The maximum Gasteiger partial charge on any atom is 0.162 e. The van der Waals surface area contributed by atoms with Gasteiger partial charge in [-0.1, -0.05) is 126 Å². The van der Waals surface area contributed by atoms with Crippen LogP contribution in [0, 0.1) is 38.7 Å². The predicted octanol–water partition coefficient (Wildman–Crippen LogP) is 14.6. The summed E-state index contributed by atoms with van der Waals surface area (Å²) in [7, 11) is 0. The van der Waals surface area contributed by atoms with Crippen molar-refractivity contribution in [3.8, 4) is 66.2 Å². The van der Waals surface area contributed by atoms with Crippen molar-refractivity contribution in [2.24, 2.45) is 11.8 Å². The molecule has 4 nitrogen and oxygen atoms in total. The van der Waals surface area contributed by atoms with Gasteiger partial charge in [-0.15, -0.1) is 46.2 Å². The molecule has 5 aromatic carbocycles. The molecule has 0 saturated carbocycles. The summed E-state index contributed by atoms with van der Waals surface area (Å²) in [6.45, 7) is 14.5. The van der Waals surface area contributed by atoms with Crippen molar-refractivity contribution in [2.75, 3.05) is 0 Å². The van der Waals surface area contributed by atoms with E-state index in [0.717, 1.165) is 52.7 Å². The number of aliphatic hydroxyl groups is 1. The largest absolute Gasteiger partial charge is 0.512 e. The van der Waals surface area contributed by atoms with Crippen LogP contribution >= 0.6 is 11.3 Å². The monoisotopic (exact) mass is 960 g/mol. The molecule has 7 aromatic rings. The molecule has 0 unspecified atom stereocenters. The molecule has 0 spiro atoms. The summed E-state index contributed by atoms with van der Waals surface area (Å²) in [5, 5.41) is 9.76. The minimum absolute atomic E-state index is 0. The molecule has 1 radical (unpaired) electrons. The Morgan fingerprint density at radius 3 is 1.67 bits per heavy atom. The third-order valence-corrected chi connectivity index (χ3v) is 12.7. The van der Waals surface area contributed by atoms with Crippen LogP contribution in [0.25, 0.3) is 76.4 Å². The molecule has 2 heterocycles. The average Bonchev–Trinajstić information content (AvgIpc) is 3.57. The average molecular weight is 960 g/mol. The van der Waals surface area contributed by atoms with Crippen molar-refractivity contribution < 1.29 is 30.0 Å². The van der Waals surface area contributed by atoms with E-state index in [1.54, 1.807) is 17.7 Å². The molecule has 297 valence electrons. The van der Waals surface area contributed by atoms with Gasteiger partial charge in [0.25, 0.3) is 0 Å². The molecule has 6 heteroatoms. The molecule has 8 rings (SSSR count). The summed E-state index contributed by atoms with van der Waals surface area (Å²) in [4.78, 5) is 22.4. The normalized spacial score (nSPS) is 11.7. The fraction of sp³-hybridized carbons (Fsp3) is 0.250. The SMILES string of the molecule is CCC(CC)C(=O)/C=C(\O)C(CC)CC.Cc1[c-]c(-c2ncnc3c(C)c(-c4ccc5c(c4)-c4ccccc4-c4ccccc4-c4ccccc4-5)sc23)cc(C)c1.[Ir]. The number of ketones is 1. The van der Waals surface area contributed by atoms with Crippen molar-refractivity contribution in [1.82, 2.24) is 9.97 Å². The van der Waals surface area contributed by atoms with Crippen LogP contribution in [0.2, 0.25) is 0 Å². The standard InChI is InChI=1S/C39H27N2S.C13H24O2.Ir/c1-23-18-24(2)20-27(19-23)37-39-36(40-22-41-37)25(3)38(42-39)26-16-17-34-32-14-7-6-12-30(32)28-10-4-5-11-29(28)31-13-8-9-15-33(31)35(34)21-26;1-5-10(6-2)12(14)9-13(15)11(7-3)8-4;/h4-19,21-22H,1-3H3;9-11,14H,5-8H2,1-4H3;/q-1;;/b;12-9-;. The third kappa shape index (κ3) is 8.43. The Kier molecular flexibility index (Phi) is 13.7. The summed E-state index contributed by atoms with van der Waals surface area (Å²) in [6, 6.07) is 41.2. The van der Waals surface area contributed by atoms with Crippen LogP contribution in [0.1, 0.15) is 70.1 Å². The Morgan fingerprint density at radius 2 is 1.17 bits per heavy atom. The third-order valence-electron chi connectivity index (χ3n) is 11.4. The van der Waals surface area contributed by atoms with Gasteiger partial charge in [0.05, 0.1) is 11.3 Å². The van der Waals surface area contributed by atoms with Crippen LogP contribution in [0.4, 0.5) is 0 Å². The van der Waals surface area contributed by atoms with Gasteiger partial charge in [0.2, 0.25) is 0 Å². The summed E-state index contributed by atoms with van der Waals surface area (Å²) < 4.78 is 1.11. The second-order valence-corrected chi connectivity index (χ2v) is 16.1. The van der Waals surface area contributed by atoms with Crippen LogP contribution in [0.3, 0.4) is 0 Å². The van der Waals surface area contributed by atoms with Crippen molar-refractivity contribution in [1.29, 1.82) is 0 Å². The first-order chi connectivity index (χ1) is 27.7. The van der Waals surface area contributed by atoms with Crippen LogP contribution in [0.15, 0.2) is 121 Å². The number of fused-ring (bicyclic) bond motifs is 9. The maximum absolute atomic E-state index is 11.7. The van der Waals surface area contributed by atoms with Crippen LogP contribution in [-0.4, -0.2) is 20.9 Å². The number of aryl methyl sites for hydroxylation is 3. The minimum atomic E-state index is 0. The van der Waals surface area contributed by atoms with Crippen LogP contribution in [-0.2, 0) is 24.9 Å². The number of thiophene rings is 1. The van der Waals surface area contributed by atoms with Gasteiger partial charge in [-0.25, -0.2) is 4.98 Å². The molecular weight excluding hydrogens is 909 g/mol. The van der Waals surface area contributed by atoms with Crippen molar-refractivity contribution >= 4 is 27.3 Å². The molecule has 0 amide bonds. The fourth-order valence-corrected chi connectivity index (χ4v) is 9.56. The van der Waals surface area contributed by atoms with E-state index in [9.17, 15) is 9.90 Å². The molecule has 0 saturated heterocycles. The fourth-order valence-electron chi connectivity index (χ4n) is 8.30. The second kappa shape index (κ2) is 18.7. The molecule has 1 N–H and O–H groups in total. The van der Waals surface area contributed by atoms with Gasteiger partial charge in [0.1, 0.15) is 6.33 Å². The Bertz CT molecular complexity index is 2590. The van der Waals surface area contributed by atoms with E-state index in [-0.39, 0.29) is 43.5 Å². The quantitative estimate of drug-likeness (QED) is 0.0889. The van der Waals surface area contributed by atoms with Gasteiger partial charge in [0.15, 0.2) is 5.78 Å². The van der Waals surface area contributed by atoms with Crippen LogP contribution < -0.4 is 0 Å². The summed E-state index contributed by atoms with van der Waals surface area (Å²) in [5.41, 5.74) is 17.8. The van der Waals surface area contributed by atoms with E-state index in [0.29, 0.717) is 0 Å². The molecule has 58 heavy (non-hydrogen) atoms. The Balaban J connectivity index is 0.000000305. The number of aromatic nitrogens is 2. The van der Waals surface area contributed by atoms with E-state index >= 15 is 0 Å². The Morgan fingerprint density at radius 1 is 0.672 bits per heavy atom. The number of nitrogens with zero attached hydrogens (tertiary/aromatic N) is 2. The van der Waals surface area contributed by atoms with Gasteiger partial charge in [-0.2, -0.15) is 0 Å². The molecule has 1 aliphatic rings. The predicted molar refractivity (Wildman–Crippen MR) is 240 cm³/mol. The number of hydrogen-bond acceptors (Lipinski definition) is 5. The summed E-state index contributed by atoms with van der Waals surface area (Å²) >= 11 is 1.78. The number of allylic oxidation sites excluding steroid dienone is 2. The van der Waals surface area contributed by atoms with Crippen molar-refractivity contribution in [2.45, 2.75) is 74.1 Å². The number of benzene rings is 5. The number of aliphatic hydroxyl groups excluding tert-OH is 1. The molecule has 2 aromatic heterocycles. The summed E-state index contributed by atoms with van der Waals surface area (Å²) in [6.07, 6.45) is 6.60. The number of rotatable bonds is 9. The molecule has 1 aliphatic carbocycles. The zero-order chi connectivity index (χ0) is 40.2. The van der Waals surface area contributed by atoms with Gasteiger partial charge in [0, 0.05) is 53.3 Å². The van der Waals surface area contributed by atoms with E-state index in [1.165, 1.54) is 72.2 Å². The maximum atomic E-state index is 11.7. The second-order valence-electron chi connectivity index (χ2n) is 15.1. The number of carbonyl (C=O) groups excluding carboxylic acids is 1. The van der Waals surface area contributed by atoms with E-state index in [1.807, 2.05) is 27.7 Å². The van der Waals surface area contributed by atoms with Gasteiger partial charge in [-0.05, 0) is 94.3 Å². The number of hydrogen-bond donors (Lipinski definition) is 1.